The first kappa shape index (κ1) is 11.3. The van der Waals surface area contributed by atoms with Gasteiger partial charge in [-0.3, -0.25) is 0 Å². The number of hydrogen-bond acceptors (Lipinski definition) is 4. The van der Waals surface area contributed by atoms with Gasteiger partial charge in [-0.2, -0.15) is 0 Å². The predicted octanol–water partition coefficient (Wildman–Crippen LogP) is 1.51. The van der Waals surface area contributed by atoms with Crippen molar-refractivity contribution in [1.29, 1.82) is 0 Å². The third kappa shape index (κ3) is 2.92. The zero-order chi connectivity index (χ0) is 11.4. The summed E-state index contributed by atoms with van der Waals surface area (Å²) in [5, 5.41) is 0. The molecule has 2 heterocycles. The first-order valence-electron chi connectivity index (χ1n) is 5.90. The van der Waals surface area contributed by atoms with Crippen LogP contribution in [0.25, 0.3) is 0 Å². The second-order valence-electron chi connectivity index (χ2n) is 4.53. The Morgan fingerprint density at radius 2 is 2.12 bits per heavy atom. The van der Waals surface area contributed by atoms with E-state index in [1.165, 1.54) is 0 Å². The summed E-state index contributed by atoms with van der Waals surface area (Å²) in [5.74, 6) is 2.58. The van der Waals surface area contributed by atoms with E-state index in [0.717, 1.165) is 44.4 Å². The van der Waals surface area contributed by atoms with Crippen LogP contribution in [0.15, 0.2) is 12.3 Å². The molecular weight excluding hydrogens is 202 g/mol. The summed E-state index contributed by atoms with van der Waals surface area (Å²) in [6.45, 7) is 7.82. The predicted molar refractivity (Wildman–Crippen MR) is 63.6 cm³/mol. The lowest BCUT2D eigenvalue weighted by atomic mass is 10.1. The maximum absolute atomic E-state index is 5.33. The Morgan fingerprint density at radius 1 is 1.38 bits per heavy atom. The minimum atomic E-state index is 0.597. The fraction of sp³-hybridized carbons (Fsp3) is 0.667. The number of rotatable bonds is 3. The molecule has 1 saturated heterocycles. The van der Waals surface area contributed by atoms with Gasteiger partial charge in [0.2, 0.25) is 0 Å². The Labute approximate surface area is 96.7 Å². The first-order valence-corrected chi connectivity index (χ1v) is 5.90. The summed E-state index contributed by atoms with van der Waals surface area (Å²) in [6.07, 6.45) is 2.80. The van der Waals surface area contributed by atoms with Gasteiger partial charge in [-0.1, -0.05) is 13.8 Å². The molecule has 0 atom stereocenters. The molecule has 16 heavy (non-hydrogen) atoms. The van der Waals surface area contributed by atoms with Crippen LogP contribution < -0.4 is 4.90 Å². The zero-order valence-electron chi connectivity index (χ0n) is 10.0. The van der Waals surface area contributed by atoms with Gasteiger partial charge in [-0.25, -0.2) is 9.97 Å². The smallest absolute Gasteiger partial charge is 0.132 e. The average molecular weight is 221 g/mol. The molecule has 2 rings (SSSR count). The normalized spacial score (nSPS) is 16.8. The summed E-state index contributed by atoms with van der Waals surface area (Å²) in [6, 6.07) is 1.98. The summed E-state index contributed by atoms with van der Waals surface area (Å²) in [5.41, 5.74) is 0. The van der Waals surface area contributed by atoms with Crippen molar-refractivity contribution in [1.82, 2.24) is 9.97 Å². The molecular formula is C12H19N3O. The van der Waals surface area contributed by atoms with E-state index in [2.05, 4.69) is 28.7 Å². The van der Waals surface area contributed by atoms with Gasteiger partial charge in [0.1, 0.15) is 11.6 Å². The highest BCUT2D eigenvalue weighted by Gasteiger charge is 2.13. The van der Waals surface area contributed by atoms with Crippen LogP contribution >= 0.6 is 0 Å². The summed E-state index contributed by atoms with van der Waals surface area (Å²) >= 11 is 0. The molecule has 0 saturated carbocycles. The molecule has 4 nitrogen and oxygen atoms in total. The van der Waals surface area contributed by atoms with E-state index in [1.54, 1.807) is 0 Å². The fourth-order valence-corrected chi connectivity index (χ4v) is 1.82. The Kier molecular flexibility index (Phi) is 3.72. The molecule has 0 N–H and O–H groups in total. The van der Waals surface area contributed by atoms with Crippen LogP contribution in [-0.2, 0) is 11.2 Å². The molecule has 0 bridgehead atoms. The lowest BCUT2D eigenvalue weighted by Crippen LogP contribution is -2.36. The van der Waals surface area contributed by atoms with E-state index in [4.69, 9.17) is 4.74 Å². The van der Waals surface area contributed by atoms with Crippen molar-refractivity contribution in [3.8, 4) is 0 Å². The number of ether oxygens (including phenoxy) is 1. The van der Waals surface area contributed by atoms with E-state index in [-0.39, 0.29) is 0 Å². The quantitative estimate of drug-likeness (QED) is 0.775. The Balaban J connectivity index is 2.08. The molecule has 0 amide bonds. The lowest BCUT2D eigenvalue weighted by Gasteiger charge is -2.27. The molecule has 1 aliphatic heterocycles. The van der Waals surface area contributed by atoms with Crippen LogP contribution in [0.3, 0.4) is 0 Å². The molecule has 0 unspecified atom stereocenters. The molecule has 1 aromatic heterocycles. The van der Waals surface area contributed by atoms with Gasteiger partial charge < -0.3 is 9.64 Å². The number of anilines is 1. The topological polar surface area (TPSA) is 38.2 Å². The number of hydrogen-bond donors (Lipinski definition) is 0. The van der Waals surface area contributed by atoms with E-state index >= 15 is 0 Å². The Bertz CT molecular complexity index is 335. The number of aromatic nitrogens is 2. The monoisotopic (exact) mass is 221 g/mol. The van der Waals surface area contributed by atoms with Gasteiger partial charge >= 0.3 is 0 Å². The SMILES string of the molecule is CC(C)Cc1nccc(N2CCOCC2)n1. The minimum absolute atomic E-state index is 0.597. The van der Waals surface area contributed by atoms with E-state index in [9.17, 15) is 0 Å². The number of nitrogens with zero attached hydrogens (tertiary/aromatic N) is 3. The van der Waals surface area contributed by atoms with Gasteiger partial charge in [-0.15, -0.1) is 0 Å². The third-order valence-corrected chi connectivity index (χ3v) is 2.62. The number of morpholine rings is 1. The largest absolute Gasteiger partial charge is 0.378 e. The molecule has 0 aromatic carbocycles. The van der Waals surface area contributed by atoms with Crippen LogP contribution in [0.1, 0.15) is 19.7 Å². The van der Waals surface area contributed by atoms with Gasteiger partial charge in [0.25, 0.3) is 0 Å². The highest BCUT2D eigenvalue weighted by atomic mass is 16.5. The highest BCUT2D eigenvalue weighted by Crippen LogP contribution is 2.13. The summed E-state index contributed by atoms with van der Waals surface area (Å²) < 4.78 is 5.33. The summed E-state index contributed by atoms with van der Waals surface area (Å²) in [7, 11) is 0. The average Bonchev–Trinajstić information content (AvgIpc) is 2.30. The van der Waals surface area contributed by atoms with E-state index in [1.807, 2.05) is 12.3 Å². The van der Waals surface area contributed by atoms with Gasteiger partial charge in [0.05, 0.1) is 13.2 Å². The Hall–Kier alpha value is -1.16. The van der Waals surface area contributed by atoms with Gasteiger partial charge in [-0.05, 0) is 12.0 Å². The third-order valence-electron chi connectivity index (χ3n) is 2.62. The van der Waals surface area contributed by atoms with Crippen molar-refractivity contribution >= 4 is 5.82 Å². The van der Waals surface area contributed by atoms with Crippen LogP contribution in [0.4, 0.5) is 5.82 Å². The van der Waals surface area contributed by atoms with Crippen LogP contribution in [0, 0.1) is 5.92 Å². The molecule has 0 radical (unpaired) electrons. The van der Waals surface area contributed by atoms with Crippen molar-refractivity contribution in [2.45, 2.75) is 20.3 Å². The molecule has 4 heteroatoms. The molecule has 1 aliphatic rings. The van der Waals surface area contributed by atoms with E-state index < -0.39 is 0 Å². The maximum atomic E-state index is 5.33. The minimum Gasteiger partial charge on any atom is -0.378 e. The molecule has 1 aromatic rings. The molecule has 88 valence electrons. The second-order valence-corrected chi connectivity index (χ2v) is 4.53. The van der Waals surface area contributed by atoms with Crippen molar-refractivity contribution in [3.05, 3.63) is 18.1 Å². The van der Waals surface area contributed by atoms with E-state index in [0.29, 0.717) is 5.92 Å². The Morgan fingerprint density at radius 3 is 2.81 bits per heavy atom. The van der Waals surface area contributed by atoms with Gasteiger partial charge in [0, 0.05) is 25.7 Å². The van der Waals surface area contributed by atoms with Crippen molar-refractivity contribution in [2.24, 2.45) is 5.92 Å². The van der Waals surface area contributed by atoms with Crippen LogP contribution in [0.5, 0.6) is 0 Å². The van der Waals surface area contributed by atoms with Crippen LogP contribution in [0.2, 0.25) is 0 Å². The summed E-state index contributed by atoms with van der Waals surface area (Å²) in [4.78, 5) is 11.2. The van der Waals surface area contributed by atoms with Crippen LogP contribution in [-0.4, -0.2) is 36.3 Å². The maximum Gasteiger partial charge on any atom is 0.132 e. The van der Waals surface area contributed by atoms with Crippen molar-refractivity contribution in [2.75, 3.05) is 31.2 Å². The molecule has 0 aliphatic carbocycles. The molecule has 0 spiro atoms. The standard InChI is InChI=1S/C12H19N3O/c1-10(2)9-11-13-4-3-12(14-11)15-5-7-16-8-6-15/h3-4,10H,5-9H2,1-2H3. The highest BCUT2D eigenvalue weighted by molar-refractivity contribution is 5.37. The van der Waals surface area contributed by atoms with Gasteiger partial charge in [0.15, 0.2) is 0 Å². The fourth-order valence-electron chi connectivity index (χ4n) is 1.82. The second kappa shape index (κ2) is 5.25. The lowest BCUT2D eigenvalue weighted by molar-refractivity contribution is 0.122. The van der Waals surface area contributed by atoms with Crippen molar-refractivity contribution in [3.63, 3.8) is 0 Å². The van der Waals surface area contributed by atoms with Crippen molar-refractivity contribution < 1.29 is 4.74 Å². The zero-order valence-corrected chi connectivity index (χ0v) is 10.0. The first-order chi connectivity index (χ1) is 7.75. The molecule has 1 fully saturated rings.